The van der Waals surface area contributed by atoms with Crippen molar-refractivity contribution in [1.29, 1.82) is 0 Å². The van der Waals surface area contributed by atoms with Crippen LogP contribution < -0.4 is 0 Å². The van der Waals surface area contributed by atoms with Crippen LogP contribution in [0, 0.1) is 0 Å². The van der Waals surface area contributed by atoms with Crippen LogP contribution in [0.15, 0.2) is 0 Å². The molecule has 1 aliphatic rings. The zero-order valence-corrected chi connectivity index (χ0v) is 8.98. The summed E-state index contributed by atoms with van der Waals surface area (Å²) in [6, 6.07) is 0. The Balaban J connectivity index is 2.84. The predicted octanol–water partition coefficient (Wildman–Crippen LogP) is -1.70. The van der Waals surface area contributed by atoms with E-state index < -0.39 is 36.7 Å². The van der Waals surface area contributed by atoms with Crippen LogP contribution in [0.25, 0.3) is 0 Å². The maximum atomic E-state index is 10.8. The molecule has 1 rings (SSSR count). The molecule has 0 aromatic carbocycles. The molecule has 1 fully saturated rings. The number of ether oxygens (including phenoxy) is 2. The molecule has 0 bridgehead atoms. The Kier molecular flexibility index (Phi) is 4.22. The van der Waals surface area contributed by atoms with Gasteiger partial charge in [-0.3, -0.25) is 0 Å². The van der Waals surface area contributed by atoms with Crippen LogP contribution in [0.2, 0.25) is 0 Å². The lowest BCUT2D eigenvalue weighted by molar-refractivity contribution is -0.291. The molecule has 7 nitrogen and oxygen atoms in total. The fraction of sp³-hybridized carbons (Fsp3) is 0.889. The summed E-state index contributed by atoms with van der Waals surface area (Å²) in [4.78, 5) is 10.8. The highest BCUT2D eigenvalue weighted by Crippen LogP contribution is 2.23. The van der Waals surface area contributed by atoms with E-state index in [1.165, 1.54) is 0 Å². The molecule has 1 saturated heterocycles. The first-order valence-corrected chi connectivity index (χ1v) is 4.92. The van der Waals surface area contributed by atoms with E-state index in [0.717, 1.165) is 0 Å². The third kappa shape index (κ3) is 2.69. The van der Waals surface area contributed by atoms with Gasteiger partial charge in [0.1, 0.15) is 18.3 Å². The van der Waals surface area contributed by atoms with Crippen LogP contribution in [0.3, 0.4) is 0 Å². The lowest BCUT2D eigenvalue weighted by atomic mass is 9.98. The minimum absolute atomic E-state index is 0.340. The molecule has 5 atom stereocenters. The molecule has 0 aromatic heterocycles. The molecule has 4 N–H and O–H groups in total. The highest BCUT2D eigenvalue weighted by Gasteiger charge is 2.48. The summed E-state index contributed by atoms with van der Waals surface area (Å²) in [5, 5.41) is 36.9. The molecular formula is C9H16O7. The van der Waals surface area contributed by atoms with Gasteiger partial charge in [0, 0.05) is 0 Å². The number of hydrogen-bond acceptors (Lipinski definition) is 6. The third-order valence-corrected chi connectivity index (χ3v) is 2.24. The van der Waals surface area contributed by atoms with E-state index in [1.807, 2.05) is 0 Å². The molecule has 7 heteroatoms. The van der Waals surface area contributed by atoms with E-state index in [0.29, 0.717) is 0 Å². The Morgan fingerprint density at radius 3 is 2.25 bits per heavy atom. The number of aliphatic carboxylic acids is 1. The van der Waals surface area contributed by atoms with Crippen molar-refractivity contribution in [2.24, 2.45) is 0 Å². The van der Waals surface area contributed by atoms with Gasteiger partial charge in [0.2, 0.25) is 0 Å². The average Bonchev–Trinajstić information content (AvgIpc) is 2.17. The smallest absolute Gasteiger partial charge is 0.335 e. The first-order chi connectivity index (χ1) is 7.34. The summed E-state index contributed by atoms with van der Waals surface area (Å²) in [5.74, 6) is -1.37. The fourth-order valence-corrected chi connectivity index (χ4v) is 1.52. The largest absolute Gasteiger partial charge is 0.479 e. The monoisotopic (exact) mass is 236 g/mol. The van der Waals surface area contributed by atoms with Crippen LogP contribution in [0.4, 0.5) is 0 Å². The second kappa shape index (κ2) is 5.07. The molecule has 1 unspecified atom stereocenters. The van der Waals surface area contributed by atoms with Gasteiger partial charge in [-0.1, -0.05) is 0 Å². The summed E-state index contributed by atoms with van der Waals surface area (Å²) in [5.41, 5.74) is 0. The molecule has 0 saturated carbocycles. The fourth-order valence-electron chi connectivity index (χ4n) is 1.52. The summed E-state index contributed by atoms with van der Waals surface area (Å²) in [7, 11) is 0. The van der Waals surface area contributed by atoms with E-state index >= 15 is 0 Å². The normalized spacial score (nSPS) is 40.0. The number of carboxylic acid groups (broad SMARTS) is 1. The Bertz CT molecular complexity index is 254. The van der Waals surface area contributed by atoms with E-state index in [9.17, 15) is 15.0 Å². The average molecular weight is 236 g/mol. The van der Waals surface area contributed by atoms with Crippen molar-refractivity contribution in [1.82, 2.24) is 0 Å². The Morgan fingerprint density at radius 1 is 1.25 bits per heavy atom. The van der Waals surface area contributed by atoms with Gasteiger partial charge in [0.05, 0.1) is 6.10 Å². The van der Waals surface area contributed by atoms with Gasteiger partial charge in [-0.05, 0) is 13.8 Å². The molecule has 0 aliphatic carbocycles. The lowest BCUT2D eigenvalue weighted by Gasteiger charge is -2.39. The van der Waals surface area contributed by atoms with Gasteiger partial charge in [-0.25, -0.2) is 4.79 Å². The van der Waals surface area contributed by atoms with E-state index in [1.54, 1.807) is 13.8 Å². The summed E-state index contributed by atoms with van der Waals surface area (Å²) in [6.07, 6.45) is -7.88. The SMILES string of the molecule is CC(C)O[C@H]1[C@H](O)[C@H](O)C(O)O[C@@H]1C(=O)O. The second-order valence-electron chi connectivity index (χ2n) is 3.92. The van der Waals surface area contributed by atoms with Gasteiger partial charge in [-0.15, -0.1) is 0 Å². The molecule has 0 radical (unpaired) electrons. The van der Waals surface area contributed by atoms with Gasteiger partial charge < -0.3 is 29.9 Å². The van der Waals surface area contributed by atoms with E-state index in [2.05, 4.69) is 4.74 Å². The highest BCUT2D eigenvalue weighted by atomic mass is 16.7. The van der Waals surface area contributed by atoms with Crippen molar-refractivity contribution in [2.45, 2.75) is 50.7 Å². The van der Waals surface area contributed by atoms with Crippen LogP contribution in [0.5, 0.6) is 0 Å². The molecule has 94 valence electrons. The molecular weight excluding hydrogens is 220 g/mol. The summed E-state index contributed by atoms with van der Waals surface area (Å²) < 4.78 is 9.83. The lowest BCUT2D eigenvalue weighted by Crippen LogP contribution is -2.61. The first kappa shape index (κ1) is 13.3. The van der Waals surface area contributed by atoms with E-state index in [4.69, 9.17) is 14.9 Å². The zero-order valence-electron chi connectivity index (χ0n) is 8.98. The van der Waals surface area contributed by atoms with Crippen molar-refractivity contribution in [3.63, 3.8) is 0 Å². The van der Waals surface area contributed by atoms with Crippen molar-refractivity contribution in [2.75, 3.05) is 0 Å². The Morgan fingerprint density at radius 2 is 1.81 bits per heavy atom. The molecule has 0 spiro atoms. The van der Waals surface area contributed by atoms with Crippen molar-refractivity contribution in [3.8, 4) is 0 Å². The summed E-state index contributed by atoms with van der Waals surface area (Å²) >= 11 is 0. The van der Waals surface area contributed by atoms with Gasteiger partial charge in [0.25, 0.3) is 0 Å². The van der Waals surface area contributed by atoms with Crippen molar-refractivity contribution in [3.05, 3.63) is 0 Å². The van der Waals surface area contributed by atoms with Gasteiger partial charge in [-0.2, -0.15) is 0 Å². The maximum absolute atomic E-state index is 10.8. The van der Waals surface area contributed by atoms with Crippen LogP contribution >= 0.6 is 0 Å². The molecule has 1 heterocycles. The van der Waals surface area contributed by atoms with Crippen molar-refractivity contribution < 1.29 is 34.7 Å². The number of carbonyl (C=O) groups is 1. The van der Waals surface area contributed by atoms with Crippen LogP contribution in [-0.2, 0) is 14.3 Å². The van der Waals surface area contributed by atoms with Gasteiger partial charge in [0.15, 0.2) is 12.4 Å². The Hall–Kier alpha value is -0.730. The first-order valence-electron chi connectivity index (χ1n) is 4.92. The van der Waals surface area contributed by atoms with E-state index in [-0.39, 0.29) is 6.10 Å². The third-order valence-electron chi connectivity index (χ3n) is 2.24. The molecule has 0 aromatic rings. The maximum Gasteiger partial charge on any atom is 0.335 e. The van der Waals surface area contributed by atoms with Gasteiger partial charge >= 0.3 is 5.97 Å². The number of aliphatic hydroxyl groups excluding tert-OH is 3. The molecule has 0 amide bonds. The molecule has 16 heavy (non-hydrogen) atoms. The minimum Gasteiger partial charge on any atom is -0.479 e. The highest BCUT2D eigenvalue weighted by molar-refractivity contribution is 5.73. The standard InChI is InChI=1S/C9H16O7/c1-3(2)15-6-4(10)5(11)9(14)16-7(6)8(12)13/h3-7,9-11,14H,1-2H3,(H,12,13)/t4-,5+,6+,7+,9?/m1/s1. The van der Waals surface area contributed by atoms with Crippen LogP contribution in [-0.4, -0.2) is 63.2 Å². The minimum atomic E-state index is -1.73. The topological polar surface area (TPSA) is 116 Å². The predicted molar refractivity (Wildman–Crippen MR) is 50.5 cm³/mol. The summed E-state index contributed by atoms with van der Waals surface area (Å²) in [6.45, 7) is 3.31. The number of aliphatic hydroxyl groups is 3. The number of carboxylic acids is 1. The second-order valence-corrected chi connectivity index (χ2v) is 3.92. The van der Waals surface area contributed by atoms with Crippen LogP contribution in [0.1, 0.15) is 13.8 Å². The number of hydrogen-bond donors (Lipinski definition) is 4. The zero-order chi connectivity index (χ0) is 12.5. The quantitative estimate of drug-likeness (QED) is 0.461. The molecule has 1 aliphatic heterocycles. The Labute approximate surface area is 92.2 Å². The van der Waals surface area contributed by atoms with Crippen molar-refractivity contribution >= 4 is 5.97 Å². The number of rotatable bonds is 3.